The van der Waals surface area contributed by atoms with E-state index < -0.39 is 0 Å². The fourth-order valence-electron chi connectivity index (χ4n) is 2.43. The van der Waals surface area contributed by atoms with Gasteiger partial charge in [-0.15, -0.1) is 0 Å². The molecule has 108 valence electrons. The molecule has 0 saturated heterocycles. The van der Waals surface area contributed by atoms with E-state index in [1.165, 1.54) is 32.1 Å². The fourth-order valence-corrected chi connectivity index (χ4v) is 2.43. The van der Waals surface area contributed by atoms with Crippen LogP contribution in [0.5, 0.6) is 0 Å². The van der Waals surface area contributed by atoms with Gasteiger partial charge in [-0.3, -0.25) is 4.79 Å². The molecule has 0 amide bonds. The van der Waals surface area contributed by atoms with E-state index in [4.69, 9.17) is 0 Å². The van der Waals surface area contributed by atoms with E-state index in [1.807, 2.05) is 30.3 Å². The van der Waals surface area contributed by atoms with Crippen molar-refractivity contribution in [1.29, 1.82) is 0 Å². The van der Waals surface area contributed by atoms with Crippen molar-refractivity contribution in [2.24, 2.45) is 0 Å². The van der Waals surface area contributed by atoms with Gasteiger partial charge in [0.1, 0.15) is 5.82 Å². The average Bonchev–Trinajstić information content (AvgIpc) is 2.46. The summed E-state index contributed by atoms with van der Waals surface area (Å²) >= 11 is 0. The number of hydrogen-bond acceptors (Lipinski definition) is 2. The van der Waals surface area contributed by atoms with Crippen molar-refractivity contribution in [1.82, 2.24) is 4.98 Å². The molecule has 0 spiro atoms. The quantitative estimate of drug-likeness (QED) is 0.704. The van der Waals surface area contributed by atoms with Crippen LogP contribution in [0.3, 0.4) is 0 Å². The van der Waals surface area contributed by atoms with Crippen molar-refractivity contribution < 1.29 is 0 Å². The molecule has 1 aromatic heterocycles. The Balaban J connectivity index is 1.83. The predicted molar refractivity (Wildman–Crippen MR) is 86.4 cm³/mol. The molecule has 0 saturated carbocycles. The Morgan fingerprint density at radius 3 is 2.65 bits per heavy atom. The summed E-state index contributed by atoms with van der Waals surface area (Å²) in [6.07, 6.45) is 7.68. The van der Waals surface area contributed by atoms with Crippen molar-refractivity contribution in [2.75, 3.05) is 11.9 Å². The normalized spacial score (nSPS) is 10.8. The number of unbranched alkanes of at least 4 members (excludes halogenated alkanes) is 5. The molecular formula is C17H24N2O. The van der Waals surface area contributed by atoms with Crippen LogP contribution in [0.1, 0.15) is 45.4 Å². The van der Waals surface area contributed by atoms with Crippen molar-refractivity contribution in [3.63, 3.8) is 0 Å². The lowest BCUT2D eigenvalue weighted by Gasteiger charge is -2.07. The Kier molecular flexibility index (Phi) is 5.66. The van der Waals surface area contributed by atoms with E-state index in [0.29, 0.717) is 0 Å². The molecule has 0 aliphatic carbocycles. The van der Waals surface area contributed by atoms with Gasteiger partial charge in [0.25, 0.3) is 5.56 Å². The van der Waals surface area contributed by atoms with Crippen LogP contribution in [0.25, 0.3) is 10.8 Å². The molecule has 0 radical (unpaired) electrons. The number of rotatable bonds is 8. The number of nitrogens with one attached hydrogen (secondary N) is 2. The van der Waals surface area contributed by atoms with Gasteiger partial charge in [0.05, 0.1) is 0 Å². The molecule has 2 aromatic rings. The van der Waals surface area contributed by atoms with E-state index in [-0.39, 0.29) is 5.56 Å². The van der Waals surface area contributed by atoms with Crippen LogP contribution in [0, 0.1) is 0 Å². The maximum absolute atomic E-state index is 11.9. The van der Waals surface area contributed by atoms with E-state index >= 15 is 0 Å². The number of aromatic nitrogens is 1. The first-order valence-electron chi connectivity index (χ1n) is 7.67. The molecule has 20 heavy (non-hydrogen) atoms. The molecule has 0 unspecified atom stereocenters. The monoisotopic (exact) mass is 272 g/mol. The number of pyridine rings is 1. The van der Waals surface area contributed by atoms with E-state index in [2.05, 4.69) is 17.2 Å². The van der Waals surface area contributed by atoms with Gasteiger partial charge in [-0.2, -0.15) is 0 Å². The molecule has 3 nitrogen and oxygen atoms in total. The topological polar surface area (TPSA) is 44.9 Å². The van der Waals surface area contributed by atoms with Crippen LogP contribution >= 0.6 is 0 Å². The molecule has 2 rings (SSSR count). The number of fused-ring (bicyclic) bond motifs is 1. The predicted octanol–water partition coefficient (Wildman–Crippen LogP) is 4.30. The molecule has 2 N–H and O–H groups in total. The maximum atomic E-state index is 11.9. The zero-order chi connectivity index (χ0) is 14.2. The minimum atomic E-state index is -0.0199. The van der Waals surface area contributed by atoms with Gasteiger partial charge in [-0.25, -0.2) is 0 Å². The molecule has 0 aliphatic rings. The van der Waals surface area contributed by atoms with E-state index in [1.54, 1.807) is 0 Å². The molecular weight excluding hydrogens is 248 g/mol. The van der Waals surface area contributed by atoms with Crippen molar-refractivity contribution in [3.05, 3.63) is 40.7 Å². The average molecular weight is 272 g/mol. The Morgan fingerprint density at radius 2 is 1.80 bits per heavy atom. The second kappa shape index (κ2) is 7.73. The number of hydrogen-bond donors (Lipinski definition) is 2. The minimum Gasteiger partial charge on any atom is -0.372 e. The minimum absolute atomic E-state index is 0.0199. The van der Waals surface area contributed by atoms with Gasteiger partial charge >= 0.3 is 0 Å². The van der Waals surface area contributed by atoms with Crippen LogP contribution in [0.2, 0.25) is 0 Å². The summed E-state index contributed by atoms with van der Waals surface area (Å²) in [4.78, 5) is 14.8. The highest BCUT2D eigenvalue weighted by Crippen LogP contribution is 2.13. The third-order valence-corrected chi connectivity index (χ3v) is 3.60. The van der Waals surface area contributed by atoms with Crippen LogP contribution in [0.4, 0.5) is 5.82 Å². The number of H-pyrrole nitrogens is 1. The van der Waals surface area contributed by atoms with Crippen molar-refractivity contribution in [3.8, 4) is 0 Å². The fraction of sp³-hybridized carbons (Fsp3) is 0.471. The zero-order valence-corrected chi connectivity index (χ0v) is 12.2. The molecule has 0 fully saturated rings. The lowest BCUT2D eigenvalue weighted by Crippen LogP contribution is -2.11. The van der Waals surface area contributed by atoms with Crippen molar-refractivity contribution in [2.45, 2.75) is 45.4 Å². The third-order valence-electron chi connectivity index (χ3n) is 3.60. The Morgan fingerprint density at radius 1 is 1.05 bits per heavy atom. The standard InChI is InChI=1S/C17H24N2O/c1-2-3-4-5-6-9-12-18-16-13-14-10-7-8-11-15(14)17(20)19-16/h7-8,10-11,13H,2-6,9,12H2,1H3,(H2,18,19,20). The first-order chi connectivity index (χ1) is 9.81. The van der Waals surface area contributed by atoms with Gasteiger partial charge in [-0.05, 0) is 23.9 Å². The summed E-state index contributed by atoms with van der Waals surface area (Å²) in [5.41, 5.74) is -0.0199. The number of benzene rings is 1. The molecule has 1 aromatic carbocycles. The SMILES string of the molecule is CCCCCCCCNc1cc2ccccc2c(=O)[nH]1. The second-order valence-corrected chi connectivity index (χ2v) is 5.29. The summed E-state index contributed by atoms with van der Waals surface area (Å²) in [6, 6.07) is 9.68. The molecule has 0 aliphatic heterocycles. The Hall–Kier alpha value is -1.77. The highest BCUT2D eigenvalue weighted by molar-refractivity contribution is 5.83. The summed E-state index contributed by atoms with van der Waals surface area (Å²) in [6.45, 7) is 3.15. The highest BCUT2D eigenvalue weighted by atomic mass is 16.1. The van der Waals surface area contributed by atoms with Crippen LogP contribution < -0.4 is 10.9 Å². The number of anilines is 1. The van der Waals surface area contributed by atoms with Gasteiger partial charge in [0.2, 0.25) is 0 Å². The van der Waals surface area contributed by atoms with Crippen LogP contribution in [-0.2, 0) is 0 Å². The highest BCUT2D eigenvalue weighted by Gasteiger charge is 2.00. The Bertz CT molecular complexity index is 589. The second-order valence-electron chi connectivity index (χ2n) is 5.29. The lowest BCUT2D eigenvalue weighted by atomic mass is 10.1. The van der Waals surface area contributed by atoms with Gasteiger partial charge in [0, 0.05) is 11.9 Å². The van der Waals surface area contributed by atoms with Crippen LogP contribution in [-0.4, -0.2) is 11.5 Å². The molecule has 0 atom stereocenters. The summed E-state index contributed by atoms with van der Waals surface area (Å²) in [5, 5.41) is 5.05. The lowest BCUT2D eigenvalue weighted by molar-refractivity contribution is 0.617. The summed E-state index contributed by atoms with van der Waals surface area (Å²) in [5.74, 6) is 0.822. The molecule has 1 heterocycles. The smallest absolute Gasteiger partial charge is 0.257 e. The van der Waals surface area contributed by atoms with Crippen LogP contribution in [0.15, 0.2) is 35.1 Å². The maximum Gasteiger partial charge on any atom is 0.257 e. The van der Waals surface area contributed by atoms with Gasteiger partial charge in [0.15, 0.2) is 0 Å². The first kappa shape index (κ1) is 14.6. The van der Waals surface area contributed by atoms with E-state index in [0.717, 1.165) is 29.6 Å². The van der Waals surface area contributed by atoms with Crippen molar-refractivity contribution >= 4 is 16.6 Å². The zero-order valence-electron chi connectivity index (χ0n) is 12.2. The molecule has 0 bridgehead atoms. The Labute approximate surface area is 120 Å². The van der Waals surface area contributed by atoms with E-state index in [9.17, 15) is 4.79 Å². The number of aromatic amines is 1. The summed E-state index contributed by atoms with van der Waals surface area (Å²) < 4.78 is 0. The van der Waals surface area contributed by atoms with Gasteiger partial charge in [-0.1, -0.05) is 57.2 Å². The first-order valence-corrected chi connectivity index (χ1v) is 7.67. The molecule has 3 heteroatoms. The van der Waals surface area contributed by atoms with Gasteiger partial charge < -0.3 is 10.3 Å². The largest absolute Gasteiger partial charge is 0.372 e. The summed E-state index contributed by atoms with van der Waals surface area (Å²) in [7, 11) is 0. The third kappa shape index (κ3) is 4.12.